The molecule has 0 aliphatic carbocycles. The van der Waals surface area contributed by atoms with E-state index < -0.39 is 6.29 Å². The van der Waals surface area contributed by atoms with Crippen molar-refractivity contribution in [3.8, 4) is 0 Å². The van der Waals surface area contributed by atoms with Gasteiger partial charge in [-0.25, -0.2) is 5.84 Å². The molecule has 1 heterocycles. The van der Waals surface area contributed by atoms with Crippen LogP contribution in [-0.2, 0) is 0 Å². The van der Waals surface area contributed by atoms with Crippen LogP contribution >= 0.6 is 0 Å². The van der Waals surface area contributed by atoms with Gasteiger partial charge < -0.3 is 0 Å². The maximum Gasteiger partial charge on any atom is 0.192 e. The van der Waals surface area contributed by atoms with Gasteiger partial charge in [0.05, 0.1) is 0 Å². The van der Waals surface area contributed by atoms with Gasteiger partial charge in [0.1, 0.15) is 0 Å². The van der Waals surface area contributed by atoms with E-state index in [0.717, 1.165) is 5.23 Å². The Balaban J connectivity index is 2.42. The van der Waals surface area contributed by atoms with Crippen molar-refractivity contribution in [2.45, 2.75) is 6.29 Å². The quantitative estimate of drug-likeness (QED) is 0.317. The first kappa shape index (κ1) is 4.44. The summed E-state index contributed by atoms with van der Waals surface area (Å²) in [5.74, 6) is 5.01. The minimum Gasteiger partial charge on any atom is -0.294 e. The van der Waals surface area contributed by atoms with Crippen LogP contribution in [0.3, 0.4) is 0 Å². The van der Waals surface area contributed by atoms with Gasteiger partial charge in [-0.3, -0.25) is 5.73 Å². The van der Waals surface area contributed by atoms with Gasteiger partial charge in [-0.1, -0.05) is 0 Å². The fourth-order valence-corrected chi connectivity index (χ4v) is 0.298. The van der Waals surface area contributed by atoms with Gasteiger partial charge in [0, 0.05) is 0 Å². The third kappa shape index (κ3) is 0.829. The molecule has 0 saturated carbocycles. The average molecular weight is 102 g/mol. The lowest BCUT2D eigenvalue weighted by molar-refractivity contribution is 0.216. The van der Waals surface area contributed by atoms with E-state index in [2.05, 4.69) is 15.8 Å². The SMILES string of the molecule is NC1N=NN(N)N1. The zero-order chi connectivity index (χ0) is 5.28. The van der Waals surface area contributed by atoms with Crippen LogP contribution < -0.4 is 17.0 Å². The Morgan fingerprint density at radius 3 is 2.57 bits per heavy atom. The number of hydrogen-bond donors (Lipinski definition) is 3. The predicted molar refractivity (Wildman–Crippen MR) is 22.0 cm³/mol. The first-order valence-electron chi connectivity index (χ1n) is 1.76. The van der Waals surface area contributed by atoms with Crippen molar-refractivity contribution in [3.05, 3.63) is 0 Å². The van der Waals surface area contributed by atoms with Gasteiger partial charge in [0.2, 0.25) is 0 Å². The molecule has 0 aromatic heterocycles. The van der Waals surface area contributed by atoms with Gasteiger partial charge in [-0.2, -0.15) is 5.43 Å². The smallest absolute Gasteiger partial charge is 0.192 e. The minimum atomic E-state index is -0.468. The molecule has 0 fully saturated rings. The molecule has 1 unspecified atom stereocenters. The molecule has 5 N–H and O–H groups in total. The van der Waals surface area contributed by atoms with Crippen LogP contribution in [-0.4, -0.2) is 11.5 Å². The Bertz CT molecular complexity index is 76.2. The second-order valence-corrected chi connectivity index (χ2v) is 1.12. The molecule has 40 valence electrons. The van der Waals surface area contributed by atoms with Crippen molar-refractivity contribution < 1.29 is 0 Å². The lowest BCUT2D eigenvalue weighted by Crippen LogP contribution is -2.43. The van der Waals surface area contributed by atoms with Crippen molar-refractivity contribution in [3.63, 3.8) is 0 Å². The van der Waals surface area contributed by atoms with Crippen molar-refractivity contribution in [1.29, 1.82) is 0 Å². The summed E-state index contributed by atoms with van der Waals surface area (Å²) in [6.07, 6.45) is -0.468. The van der Waals surface area contributed by atoms with Crippen molar-refractivity contribution >= 4 is 0 Å². The molecule has 6 heteroatoms. The van der Waals surface area contributed by atoms with Gasteiger partial charge in [-0.05, 0) is 5.22 Å². The molecule has 1 rings (SSSR count). The summed E-state index contributed by atoms with van der Waals surface area (Å²) in [6.45, 7) is 0. The number of nitrogens with two attached hydrogens (primary N) is 2. The molecule has 0 aromatic rings. The molecule has 7 heavy (non-hydrogen) atoms. The normalized spacial score (nSPS) is 29.4. The first-order chi connectivity index (χ1) is 3.29. The summed E-state index contributed by atoms with van der Waals surface area (Å²) < 4.78 is 0. The lowest BCUT2D eigenvalue weighted by Gasteiger charge is -2.02. The highest BCUT2D eigenvalue weighted by Gasteiger charge is 2.07. The molecule has 1 aliphatic rings. The van der Waals surface area contributed by atoms with Gasteiger partial charge in [0.15, 0.2) is 6.29 Å². The summed E-state index contributed by atoms with van der Waals surface area (Å²) in [7, 11) is 0. The third-order valence-electron chi connectivity index (χ3n) is 0.537. The highest BCUT2D eigenvalue weighted by atomic mass is 15.9. The fraction of sp³-hybridized carbons (Fsp3) is 1.00. The van der Waals surface area contributed by atoms with Crippen molar-refractivity contribution in [2.24, 2.45) is 21.9 Å². The Kier molecular flexibility index (Phi) is 0.895. The number of hydrogen-bond acceptors (Lipinski definition) is 6. The monoisotopic (exact) mass is 102 g/mol. The molecule has 0 bridgehead atoms. The second kappa shape index (κ2) is 1.41. The van der Waals surface area contributed by atoms with Crippen LogP contribution in [0.4, 0.5) is 0 Å². The lowest BCUT2D eigenvalue weighted by atomic mass is 11.0. The van der Waals surface area contributed by atoms with E-state index in [-0.39, 0.29) is 0 Å². The molecule has 0 radical (unpaired) electrons. The second-order valence-electron chi connectivity index (χ2n) is 1.12. The maximum absolute atomic E-state index is 5.13. The van der Waals surface area contributed by atoms with Gasteiger partial charge >= 0.3 is 0 Å². The Hall–Kier alpha value is -0.720. The van der Waals surface area contributed by atoms with E-state index in [1.165, 1.54) is 0 Å². The topological polar surface area (TPSA) is 92.0 Å². The fourth-order valence-electron chi connectivity index (χ4n) is 0.298. The van der Waals surface area contributed by atoms with Crippen LogP contribution in [0.5, 0.6) is 0 Å². The Morgan fingerprint density at radius 1 is 1.71 bits per heavy atom. The zero-order valence-corrected chi connectivity index (χ0v) is 3.57. The van der Waals surface area contributed by atoms with Crippen LogP contribution in [0.2, 0.25) is 0 Å². The summed E-state index contributed by atoms with van der Waals surface area (Å²) >= 11 is 0. The third-order valence-corrected chi connectivity index (χ3v) is 0.537. The first-order valence-corrected chi connectivity index (χ1v) is 1.76. The van der Waals surface area contributed by atoms with E-state index in [1.54, 1.807) is 0 Å². The molecule has 0 saturated heterocycles. The molecule has 6 nitrogen and oxygen atoms in total. The highest BCUT2D eigenvalue weighted by Crippen LogP contribution is 1.88. The van der Waals surface area contributed by atoms with E-state index in [9.17, 15) is 0 Å². The molecular weight excluding hydrogens is 96.1 g/mol. The van der Waals surface area contributed by atoms with Crippen molar-refractivity contribution in [1.82, 2.24) is 10.7 Å². The number of rotatable bonds is 0. The van der Waals surface area contributed by atoms with E-state index in [1.807, 2.05) is 0 Å². The van der Waals surface area contributed by atoms with E-state index in [4.69, 9.17) is 11.6 Å². The van der Waals surface area contributed by atoms with Crippen LogP contribution in [0.25, 0.3) is 0 Å². The number of nitrogens with zero attached hydrogens (tertiary/aromatic N) is 3. The van der Waals surface area contributed by atoms with Gasteiger partial charge in [0.25, 0.3) is 0 Å². The average Bonchev–Trinajstić information content (AvgIpc) is 1.87. The van der Waals surface area contributed by atoms with E-state index >= 15 is 0 Å². The zero-order valence-electron chi connectivity index (χ0n) is 3.57. The van der Waals surface area contributed by atoms with Crippen LogP contribution in [0.1, 0.15) is 0 Å². The van der Waals surface area contributed by atoms with Crippen LogP contribution in [0, 0.1) is 0 Å². The van der Waals surface area contributed by atoms with E-state index in [0.29, 0.717) is 0 Å². The molecule has 0 aromatic carbocycles. The standard InChI is InChI=1S/CH6N6/c2-1-4-6-7(3)5-1/h1,5H,2-3H2. The van der Waals surface area contributed by atoms with Crippen LogP contribution in [0.15, 0.2) is 10.3 Å². The predicted octanol–water partition coefficient (Wildman–Crippen LogP) is -1.71. The maximum atomic E-state index is 5.13. The largest absolute Gasteiger partial charge is 0.294 e. The minimum absolute atomic E-state index is 0.468. The van der Waals surface area contributed by atoms with Gasteiger partial charge in [-0.15, -0.1) is 10.3 Å². The highest BCUT2D eigenvalue weighted by molar-refractivity contribution is 4.49. The molecule has 0 spiro atoms. The molecule has 1 atom stereocenters. The molecule has 0 amide bonds. The Labute approximate surface area is 40.1 Å². The summed E-state index contributed by atoms with van der Waals surface area (Å²) in [5, 5.41) is 7.69. The molecule has 1 aliphatic heterocycles. The summed E-state index contributed by atoms with van der Waals surface area (Å²) in [6, 6.07) is 0. The van der Waals surface area contributed by atoms with Crippen molar-refractivity contribution in [2.75, 3.05) is 0 Å². The Morgan fingerprint density at radius 2 is 2.43 bits per heavy atom. The summed E-state index contributed by atoms with van der Waals surface area (Å²) in [5.41, 5.74) is 7.60. The summed E-state index contributed by atoms with van der Waals surface area (Å²) in [4.78, 5) is 0. The number of nitrogens with one attached hydrogen (secondary N) is 1. The molecular formula is CH6N6. The number of hydrazine groups is 2.